The zero-order chi connectivity index (χ0) is 12.8. The Kier molecular flexibility index (Phi) is 6.99. The third-order valence-corrected chi connectivity index (χ3v) is 4.46. The normalized spacial score (nSPS) is 15.0. The lowest BCUT2D eigenvalue weighted by atomic mass is 10.4. The van der Waals surface area contributed by atoms with Crippen molar-refractivity contribution in [3.63, 3.8) is 0 Å². The van der Waals surface area contributed by atoms with Gasteiger partial charge >= 0.3 is 7.60 Å². The number of halogens is 2. The Bertz CT molecular complexity index is 342. The highest BCUT2D eigenvalue weighted by Gasteiger charge is 2.48. The fraction of sp³-hybridized carbons (Fsp3) is 0.750. The second kappa shape index (κ2) is 6.87. The average Bonchev–Trinajstić information content (AvgIpc) is 2.17. The van der Waals surface area contributed by atoms with E-state index in [-0.39, 0.29) is 16.7 Å². The summed E-state index contributed by atoms with van der Waals surface area (Å²) < 4.78 is 22.8. The van der Waals surface area contributed by atoms with Gasteiger partial charge in [-0.2, -0.15) is 5.26 Å². The molecule has 0 N–H and O–H groups in total. The highest BCUT2D eigenvalue weighted by molar-refractivity contribution is 9.39. The minimum Gasteiger partial charge on any atom is -0.306 e. The molecule has 5 nitrogen and oxygen atoms in total. The molecule has 0 bridgehead atoms. The molecule has 1 unspecified atom stereocenters. The summed E-state index contributed by atoms with van der Waals surface area (Å²) in [7, 11) is -3.60. The van der Waals surface area contributed by atoms with Crippen molar-refractivity contribution in [2.24, 2.45) is 4.99 Å². The van der Waals surface area contributed by atoms with Crippen LogP contribution in [0.4, 0.5) is 0 Å². The Morgan fingerprint density at radius 2 is 1.88 bits per heavy atom. The number of hydrogen-bond donors (Lipinski definition) is 0. The van der Waals surface area contributed by atoms with E-state index in [1.807, 2.05) is 6.07 Å². The Hall–Kier alpha value is 0.270. The number of rotatable bonds is 6. The topological polar surface area (TPSA) is 71.7 Å². The predicted molar refractivity (Wildman–Crippen MR) is 70.2 cm³/mol. The standard InChI is InChI=1S/C8H13Br2N2O3P/c1-4-14-16(13,15-5-2)8(3,6-11)12-7(9)10/h4-5H2,1-3H3. The molecule has 0 aliphatic rings. The molecule has 0 aromatic carbocycles. The van der Waals surface area contributed by atoms with Crippen molar-refractivity contribution in [1.82, 2.24) is 0 Å². The number of nitrogens with zero attached hydrogens (tertiary/aromatic N) is 2. The van der Waals surface area contributed by atoms with Gasteiger partial charge in [0, 0.05) is 0 Å². The maximum absolute atomic E-state index is 12.4. The van der Waals surface area contributed by atoms with Crippen molar-refractivity contribution in [2.75, 3.05) is 13.2 Å². The molecule has 1 atom stereocenters. The molecule has 0 spiro atoms. The molecule has 0 saturated carbocycles. The molecule has 0 aliphatic heterocycles. The van der Waals surface area contributed by atoms with Crippen LogP contribution in [-0.2, 0) is 13.6 Å². The van der Waals surface area contributed by atoms with Crippen LogP contribution in [-0.4, -0.2) is 22.0 Å². The van der Waals surface area contributed by atoms with Crippen LogP contribution >= 0.6 is 39.5 Å². The first-order valence-corrected chi connectivity index (χ1v) is 7.69. The largest absolute Gasteiger partial charge is 0.372 e. The SMILES string of the molecule is CCOP(=O)(OCC)C(C)(C#N)N=C(Br)Br. The van der Waals surface area contributed by atoms with Gasteiger partial charge < -0.3 is 9.05 Å². The van der Waals surface area contributed by atoms with Crippen molar-refractivity contribution < 1.29 is 13.6 Å². The van der Waals surface area contributed by atoms with E-state index in [0.29, 0.717) is 0 Å². The van der Waals surface area contributed by atoms with Crippen LogP contribution in [0.1, 0.15) is 20.8 Å². The molecule has 0 radical (unpaired) electrons. The van der Waals surface area contributed by atoms with Gasteiger partial charge in [0.05, 0.1) is 13.2 Å². The second-order valence-corrected chi connectivity index (χ2v) is 7.77. The van der Waals surface area contributed by atoms with Crippen molar-refractivity contribution in [2.45, 2.75) is 26.1 Å². The van der Waals surface area contributed by atoms with Crippen molar-refractivity contribution in [3.8, 4) is 6.07 Å². The molecule has 92 valence electrons. The molecule has 0 aliphatic carbocycles. The van der Waals surface area contributed by atoms with Gasteiger partial charge in [0.2, 0.25) is 5.28 Å². The fourth-order valence-corrected chi connectivity index (χ4v) is 3.53. The van der Waals surface area contributed by atoms with E-state index in [4.69, 9.17) is 14.3 Å². The van der Waals surface area contributed by atoms with E-state index in [1.165, 1.54) is 6.92 Å². The summed E-state index contributed by atoms with van der Waals surface area (Å²) in [5.41, 5.74) is 0. The predicted octanol–water partition coefficient (Wildman–Crippen LogP) is 3.64. The van der Waals surface area contributed by atoms with E-state index >= 15 is 0 Å². The van der Waals surface area contributed by atoms with Gasteiger partial charge in [-0.05, 0) is 52.6 Å². The van der Waals surface area contributed by atoms with Gasteiger partial charge in [0.15, 0.2) is 0 Å². The second-order valence-electron chi connectivity index (χ2n) is 2.82. The van der Waals surface area contributed by atoms with Gasteiger partial charge in [-0.3, -0.25) is 4.57 Å². The molecule has 0 saturated heterocycles. The van der Waals surface area contributed by atoms with Crippen LogP contribution < -0.4 is 0 Å². The van der Waals surface area contributed by atoms with Gasteiger partial charge in [-0.25, -0.2) is 4.99 Å². The molecular formula is C8H13Br2N2O3P. The number of aliphatic imine (C=N–C) groups is 1. The lowest BCUT2D eigenvalue weighted by Crippen LogP contribution is -2.23. The minimum absolute atomic E-state index is 0.184. The average molecular weight is 376 g/mol. The molecule has 0 amide bonds. The minimum atomic E-state index is -3.60. The zero-order valence-corrected chi connectivity index (χ0v) is 13.3. The van der Waals surface area contributed by atoms with Gasteiger partial charge in [-0.1, -0.05) is 0 Å². The van der Waals surface area contributed by atoms with E-state index in [0.717, 1.165) is 0 Å². The molecule has 0 heterocycles. The molecular weight excluding hydrogens is 363 g/mol. The Labute approximate surface area is 112 Å². The highest BCUT2D eigenvalue weighted by atomic mass is 79.9. The van der Waals surface area contributed by atoms with Crippen LogP contribution in [0.15, 0.2) is 4.99 Å². The van der Waals surface area contributed by atoms with Crippen LogP contribution in [0, 0.1) is 11.3 Å². The number of nitriles is 1. The molecule has 0 aromatic heterocycles. The Balaban J connectivity index is 5.40. The first-order chi connectivity index (χ1) is 7.35. The Morgan fingerprint density at radius 1 is 1.44 bits per heavy atom. The monoisotopic (exact) mass is 374 g/mol. The third-order valence-electron chi connectivity index (χ3n) is 1.65. The van der Waals surface area contributed by atoms with Gasteiger partial charge in [0.25, 0.3) is 0 Å². The fourth-order valence-electron chi connectivity index (χ4n) is 0.941. The van der Waals surface area contributed by atoms with Crippen molar-refractivity contribution in [3.05, 3.63) is 0 Å². The summed E-state index contributed by atoms with van der Waals surface area (Å²) in [4.78, 5) is 3.91. The first kappa shape index (κ1) is 16.3. The van der Waals surface area contributed by atoms with E-state index in [1.54, 1.807) is 13.8 Å². The van der Waals surface area contributed by atoms with Crippen LogP contribution in [0.2, 0.25) is 0 Å². The van der Waals surface area contributed by atoms with Crippen LogP contribution in [0.25, 0.3) is 0 Å². The summed E-state index contributed by atoms with van der Waals surface area (Å²) in [5, 5.41) is 7.52. The zero-order valence-electron chi connectivity index (χ0n) is 9.24. The Morgan fingerprint density at radius 3 is 2.12 bits per heavy atom. The van der Waals surface area contributed by atoms with Gasteiger partial charge in [-0.15, -0.1) is 0 Å². The third kappa shape index (κ3) is 3.94. The smallest absolute Gasteiger partial charge is 0.306 e. The van der Waals surface area contributed by atoms with E-state index in [9.17, 15) is 4.57 Å². The van der Waals surface area contributed by atoms with Crippen LogP contribution in [0.3, 0.4) is 0 Å². The first-order valence-electron chi connectivity index (χ1n) is 4.56. The molecule has 16 heavy (non-hydrogen) atoms. The highest BCUT2D eigenvalue weighted by Crippen LogP contribution is 2.60. The number of hydrogen-bond acceptors (Lipinski definition) is 5. The molecule has 0 aromatic rings. The molecule has 0 fully saturated rings. The van der Waals surface area contributed by atoms with E-state index in [2.05, 4.69) is 36.9 Å². The summed E-state index contributed by atoms with van der Waals surface area (Å²) in [5.74, 6) is 0. The lowest BCUT2D eigenvalue weighted by molar-refractivity contribution is 0.207. The van der Waals surface area contributed by atoms with Crippen molar-refractivity contribution >= 4 is 43.0 Å². The summed E-state index contributed by atoms with van der Waals surface area (Å²) in [6.07, 6.45) is 0. The quantitative estimate of drug-likeness (QED) is 0.524. The maximum Gasteiger partial charge on any atom is 0.372 e. The van der Waals surface area contributed by atoms with E-state index < -0.39 is 12.9 Å². The van der Waals surface area contributed by atoms with Crippen LogP contribution in [0.5, 0.6) is 0 Å². The maximum atomic E-state index is 12.4. The molecule has 8 heteroatoms. The lowest BCUT2D eigenvalue weighted by Gasteiger charge is -2.26. The summed E-state index contributed by atoms with van der Waals surface area (Å²) in [6.45, 7) is 5.13. The van der Waals surface area contributed by atoms with Gasteiger partial charge in [0.1, 0.15) is 9.60 Å². The summed E-state index contributed by atoms with van der Waals surface area (Å²) >= 11 is 6.06. The van der Waals surface area contributed by atoms with Crippen molar-refractivity contribution in [1.29, 1.82) is 5.26 Å². The molecule has 0 rings (SSSR count). The summed E-state index contributed by atoms with van der Waals surface area (Å²) in [6, 6.07) is 1.86.